The second-order valence-electron chi connectivity index (χ2n) is 6.19. The molecule has 0 aliphatic carbocycles. The van der Waals surface area contributed by atoms with Crippen molar-refractivity contribution in [3.8, 4) is 0 Å². The van der Waals surface area contributed by atoms with E-state index >= 15 is 0 Å². The normalized spacial score (nSPS) is 35.0. The van der Waals surface area contributed by atoms with Crippen LogP contribution in [0.15, 0.2) is 0 Å². The molecule has 0 radical (unpaired) electrons. The van der Waals surface area contributed by atoms with Gasteiger partial charge >= 0.3 is 0 Å². The first-order valence-electron chi connectivity index (χ1n) is 6.57. The zero-order valence-corrected chi connectivity index (χ0v) is 10.5. The summed E-state index contributed by atoms with van der Waals surface area (Å²) < 4.78 is 0. The molecular weight excluding hydrogens is 184 g/mol. The van der Waals surface area contributed by atoms with E-state index in [9.17, 15) is 0 Å². The van der Waals surface area contributed by atoms with Crippen molar-refractivity contribution in [1.82, 2.24) is 10.6 Å². The van der Waals surface area contributed by atoms with Crippen molar-refractivity contribution in [2.45, 2.75) is 58.5 Å². The van der Waals surface area contributed by atoms with Crippen molar-refractivity contribution in [3.05, 3.63) is 0 Å². The molecular formula is C13H26N2. The molecule has 2 fully saturated rings. The first-order valence-corrected chi connectivity index (χ1v) is 6.57. The lowest BCUT2D eigenvalue weighted by molar-refractivity contribution is 0.302. The molecule has 3 unspecified atom stereocenters. The zero-order chi connectivity index (χ0) is 10.9. The quantitative estimate of drug-likeness (QED) is 0.726. The van der Waals surface area contributed by atoms with Crippen molar-refractivity contribution < 1.29 is 0 Å². The van der Waals surface area contributed by atoms with Crippen molar-refractivity contribution >= 4 is 0 Å². The van der Waals surface area contributed by atoms with Gasteiger partial charge in [0.2, 0.25) is 0 Å². The minimum Gasteiger partial charge on any atom is -0.316 e. The van der Waals surface area contributed by atoms with E-state index in [2.05, 4.69) is 31.4 Å². The van der Waals surface area contributed by atoms with Gasteiger partial charge < -0.3 is 10.6 Å². The summed E-state index contributed by atoms with van der Waals surface area (Å²) in [5, 5.41) is 7.36. The highest BCUT2D eigenvalue weighted by molar-refractivity contribution is 4.98. The molecule has 2 bridgehead atoms. The number of hydrogen-bond acceptors (Lipinski definition) is 2. The Hall–Kier alpha value is -0.0800. The van der Waals surface area contributed by atoms with Gasteiger partial charge in [-0.15, -0.1) is 0 Å². The molecule has 0 amide bonds. The lowest BCUT2D eigenvalue weighted by Crippen LogP contribution is -2.36. The summed E-state index contributed by atoms with van der Waals surface area (Å²) in [7, 11) is 0. The van der Waals surface area contributed by atoms with Crippen LogP contribution < -0.4 is 10.6 Å². The molecule has 2 saturated heterocycles. The van der Waals surface area contributed by atoms with Crippen LogP contribution in [0.5, 0.6) is 0 Å². The molecule has 0 spiro atoms. The maximum absolute atomic E-state index is 3.70. The van der Waals surface area contributed by atoms with E-state index in [-0.39, 0.29) is 0 Å². The van der Waals surface area contributed by atoms with E-state index in [0.29, 0.717) is 5.41 Å². The monoisotopic (exact) mass is 210 g/mol. The second-order valence-corrected chi connectivity index (χ2v) is 6.19. The molecule has 2 N–H and O–H groups in total. The highest BCUT2D eigenvalue weighted by Crippen LogP contribution is 2.32. The molecule has 2 aliphatic heterocycles. The third kappa shape index (κ3) is 2.73. The van der Waals surface area contributed by atoms with E-state index in [1.807, 2.05) is 0 Å². The van der Waals surface area contributed by atoms with Gasteiger partial charge in [0.25, 0.3) is 0 Å². The lowest BCUT2D eigenvalue weighted by Gasteiger charge is -2.26. The van der Waals surface area contributed by atoms with E-state index in [0.717, 1.165) is 24.5 Å². The van der Waals surface area contributed by atoms with Crippen LogP contribution >= 0.6 is 0 Å². The Morgan fingerprint density at radius 2 is 2.13 bits per heavy atom. The first-order chi connectivity index (χ1) is 7.11. The number of nitrogens with one attached hydrogen (secondary N) is 2. The van der Waals surface area contributed by atoms with Gasteiger partial charge in [0.15, 0.2) is 0 Å². The molecule has 0 saturated carbocycles. The highest BCUT2D eigenvalue weighted by atomic mass is 15.0. The van der Waals surface area contributed by atoms with Crippen molar-refractivity contribution in [2.75, 3.05) is 13.1 Å². The smallest absolute Gasteiger partial charge is 0.0111 e. The molecule has 15 heavy (non-hydrogen) atoms. The summed E-state index contributed by atoms with van der Waals surface area (Å²) in [6.45, 7) is 9.36. The molecule has 2 nitrogen and oxygen atoms in total. The summed E-state index contributed by atoms with van der Waals surface area (Å²) in [6, 6.07) is 1.67. The molecule has 2 heterocycles. The zero-order valence-electron chi connectivity index (χ0n) is 10.5. The number of hydrogen-bond donors (Lipinski definition) is 2. The fourth-order valence-corrected chi connectivity index (χ4v) is 2.88. The summed E-state index contributed by atoms with van der Waals surface area (Å²) in [6.07, 6.45) is 5.50. The second kappa shape index (κ2) is 4.42. The Morgan fingerprint density at radius 3 is 2.67 bits per heavy atom. The van der Waals surface area contributed by atoms with Crippen molar-refractivity contribution in [2.24, 2.45) is 11.3 Å². The van der Waals surface area contributed by atoms with Crippen LogP contribution in [0.2, 0.25) is 0 Å². The maximum atomic E-state index is 3.70. The van der Waals surface area contributed by atoms with Crippen molar-refractivity contribution in [3.63, 3.8) is 0 Å². The van der Waals surface area contributed by atoms with E-state index in [1.165, 1.54) is 32.2 Å². The van der Waals surface area contributed by atoms with Crippen LogP contribution in [-0.2, 0) is 0 Å². The standard InChI is InChI=1S/C13H26N2/c1-4-13(2,3)9-14-8-10-7-11-5-6-12(10)15-11/h10-12,14-15H,4-9H2,1-3H3. The molecule has 0 aromatic rings. The van der Waals surface area contributed by atoms with Gasteiger partial charge in [0.1, 0.15) is 0 Å². The molecule has 3 atom stereocenters. The molecule has 0 aromatic heterocycles. The molecule has 88 valence electrons. The predicted octanol–water partition coefficient (Wildman–Crippen LogP) is 2.15. The average molecular weight is 210 g/mol. The SMILES string of the molecule is CCC(C)(C)CNCC1CC2CCC1N2. The Morgan fingerprint density at radius 1 is 1.33 bits per heavy atom. The Kier molecular flexibility index (Phi) is 3.36. The van der Waals surface area contributed by atoms with E-state index in [1.54, 1.807) is 0 Å². The highest BCUT2D eigenvalue weighted by Gasteiger charge is 2.38. The van der Waals surface area contributed by atoms with Gasteiger partial charge in [-0.25, -0.2) is 0 Å². The first kappa shape index (κ1) is 11.4. The average Bonchev–Trinajstić information content (AvgIpc) is 2.79. The summed E-state index contributed by atoms with van der Waals surface area (Å²) in [5.74, 6) is 0.899. The molecule has 2 aliphatic rings. The fourth-order valence-electron chi connectivity index (χ4n) is 2.88. The fraction of sp³-hybridized carbons (Fsp3) is 1.00. The van der Waals surface area contributed by atoms with E-state index in [4.69, 9.17) is 0 Å². The third-order valence-electron chi connectivity index (χ3n) is 4.40. The minimum atomic E-state index is 0.463. The topological polar surface area (TPSA) is 24.1 Å². The largest absolute Gasteiger partial charge is 0.316 e. The third-order valence-corrected chi connectivity index (χ3v) is 4.40. The number of fused-ring (bicyclic) bond motifs is 2. The summed E-state index contributed by atoms with van der Waals surface area (Å²) in [5.41, 5.74) is 0.463. The van der Waals surface area contributed by atoms with Crippen LogP contribution in [0, 0.1) is 11.3 Å². The van der Waals surface area contributed by atoms with Gasteiger partial charge in [0.05, 0.1) is 0 Å². The van der Waals surface area contributed by atoms with Gasteiger partial charge in [-0.2, -0.15) is 0 Å². The Bertz CT molecular complexity index is 213. The Labute approximate surface area is 94.2 Å². The van der Waals surface area contributed by atoms with Crippen LogP contribution in [-0.4, -0.2) is 25.2 Å². The number of rotatable bonds is 5. The molecule has 2 rings (SSSR count). The summed E-state index contributed by atoms with van der Waals surface area (Å²) >= 11 is 0. The summed E-state index contributed by atoms with van der Waals surface area (Å²) in [4.78, 5) is 0. The van der Waals surface area contributed by atoms with Gasteiger partial charge in [-0.05, 0) is 43.6 Å². The van der Waals surface area contributed by atoms with E-state index < -0.39 is 0 Å². The predicted molar refractivity (Wildman–Crippen MR) is 65.0 cm³/mol. The van der Waals surface area contributed by atoms with Gasteiger partial charge in [0, 0.05) is 18.6 Å². The van der Waals surface area contributed by atoms with Crippen LogP contribution in [0.25, 0.3) is 0 Å². The van der Waals surface area contributed by atoms with Crippen molar-refractivity contribution in [1.29, 1.82) is 0 Å². The maximum Gasteiger partial charge on any atom is 0.0111 e. The van der Waals surface area contributed by atoms with Crippen LogP contribution in [0.3, 0.4) is 0 Å². The van der Waals surface area contributed by atoms with Crippen LogP contribution in [0.1, 0.15) is 46.5 Å². The Balaban J connectivity index is 1.67. The van der Waals surface area contributed by atoms with Gasteiger partial charge in [-0.3, -0.25) is 0 Å². The molecule has 2 heteroatoms. The van der Waals surface area contributed by atoms with Crippen LogP contribution in [0.4, 0.5) is 0 Å². The lowest BCUT2D eigenvalue weighted by atomic mass is 9.87. The minimum absolute atomic E-state index is 0.463. The van der Waals surface area contributed by atoms with Gasteiger partial charge in [-0.1, -0.05) is 20.8 Å². The molecule has 0 aromatic carbocycles.